The fraction of sp³-hybridized carbons (Fsp3) is 0.421. The lowest BCUT2D eigenvalue weighted by Gasteiger charge is -2.17. The standard InChI is InChI=1S/C19H25N5OS/c1-4-22(5-2)13-8-14-23-19(26)24(21-20-23)17-11-12-18(25-3)16-10-7-6-9-15(16)17/h6-7,9-12H,4-5,8,13-14H2,1-3H3. The number of hydrogen-bond acceptors (Lipinski definition) is 5. The molecular formula is C19H25N5OS. The monoisotopic (exact) mass is 371 g/mol. The normalized spacial score (nSPS) is 11.4. The summed E-state index contributed by atoms with van der Waals surface area (Å²) in [4.78, 5) is 2.39. The van der Waals surface area contributed by atoms with Gasteiger partial charge in [-0.25, -0.2) is 4.68 Å². The van der Waals surface area contributed by atoms with Gasteiger partial charge in [0.15, 0.2) is 0 Å². The van der Waals surface area contributed by atoms with Crippen molar-refractivity contribution in [2.45, 2.75) is 26.8 Å². The van der Waals surface area contributed by atoms with Crippen molar-refractivity contribution in [1.29, 1.82) is 0 Å². The predicted octanol–water partition coefficient (Wildman–Crippen LogP) is 3.69. The predicted molar refractivity (Wildman–Crippen MR) is 107 cm³/mol. The number of ether oxygens (including phenoxy) is 1. The smallest absolute Gasteiger partial charge is 0.220 e. The van der Waals surface area contributed by atoms with Crippen molar-refractivity contribution >= 4 is 23.0 Å². The van der Waals surface area contributed by atoms with Gasteiger partial charge in [-0.05, 0) is 60.8 Å². The molecule has 0 unspecified atom stereocenters. The van der Waals surface area contributed by atoms with Crippen LogP contribution in [0.25, 0.3) is 16.5 Å². The Hall–Kier alpha value is -2.25. The van der Waals surface area contributed by atoms with Gasteiger partial charge in [0.1, 0.15) is 5.75 Å². The van der Waals surface area contributed by atoms with E-state index >= 15 is 0 Å². The van der Waals surface area contributed by atoms with Gasteiger partial charge in [0.05, 0.1) is 12.8 Å². The second-order valence-electron chi connectivity index (χ2n) is 6.11. The van der Waals surface area contributed by atoms with E-state index in [0.717, 1.165) is 54.8 Å². The Balaban J connectivity index is 1.89. The highest BCUT2D eigenvalue weighted by molar-refractivity contribution is 7.71. The molecule has 7 heteroatoms. The largest absolute Gasteiger partial charge is 0.496 e. The zero-order chi connectivity index (χ0) is 18.5. The van der Waals surface area contributed by atoms with Crippen LogP contribution in [0.2, 0.25) is 0 Å². The van der Waals surface area contributed by atoms with E-state index in [1.165, 1.54) is 0 Å². The third kappa shape index (κ3) is 3.64. The maximum atomic E-state index is 5.62. The van der Waals surface area contributed by atoms with E-state index in [0.29, 0.717) is 4.77 Å². The molecule has 0 fully saturated rings. The molecule has 0 N–H and O–H groups in total. The van der Waals surface area contributed by atoms with Gasteiger partial charge < -0.3 is 9.64 Å². The molecule has 26 heavy (non-hydrogen) atoms. The number of aromatic nitrogens is 4. The molecule has 0 atom stereocenters. The molecule has 0 saturated carbocycles. The molecule has 2 aromatic carbocycles. The van der Waals surface area contributed by atoms with Crippen molar-refractivity contribution in [3.8, 4) is 11.4 Å². The Labute approximate surface area is 159 Å². The van der Waals surface area contributed by atoms with E-state index in [4.69, 9.17) is 17.0 Å². The van der Waals surface area contributed by atoms with Gasteiger partial charge in [-0.3, -0.25) is 0 Å². The zero-order valence-electron chi connectivity index (χ0n) is 15.6. The van der Waals surface area contributed by atoms with Gasteiger partial charge in [0.25, 0.3) is 0 Å². The van der Waals surface area contributed by atoms with E-state index in [-0.39, 0.29) is 0 Å². The van der Waals surface area contributed by atoms with E-state index in [1.807, 2.05) is 36.4 Å². The Bertz CT molecular complexity index is 929. The Morgan fingerprint density at radius 2 is 1.77 bits per heavy atom. The number of methoxy groups -OCH3 is 1. The number of benzene rings is 2. The van der Waals surface area contributed by atoms with E-state index in [2.05, 4.69) is 29.2 Å². The third-order valence-electron chi connectivity index (χ3n) is 4.69. The number of tetrazole rings is 1. The SMILES string of the molecule is CCN(CC)CCCn1nnn(-c2ccc(OC)c3ccccc23)c1=S. The number of hydrogen-bond donors (Lipinski definition) is 0. The Morgan fingerprint density at radius 3 is 2.46 bits per heavy atom. The van der Waals surface area contributed by atoms with Crippen molar-refractivity contribution in [2.75, 3.05) is 26.7 Å². The van der Waals surface area contributed by atoms with Gasteiger partial charge in [0, 0.05) is 17.3 Å². The fourth-order valence-corrected chi connectivity index (χ4v) is 3.43. The highest BCUT2D eigenvalue weighted by atomic mass is 32.1. The molecule has 0 amide bonds. The highest BCUT2D eigenvalue weighted by Crippen LogP contribution is 2.30. The van der Waals surface area contributed by atoms with Gasteiger partial charge in [0.2, 0.25) is 4.77 Å². The summed E-state index contributed by atoms with van der Waals surface area (Å²) in [5, 5.41) is 10.6. The molecule has 0 aliphatic carbocycles. The summed E-state index contributed by atoms with van der Waals surface area (Å²) < 4.78 is 9.61. The quantitative estimate of drug-likeness (QED) is 0.565. The summed E-state index contributed by atoms with van der Waals surface area (Å²) in [5.74, 6) is 0.836. The minimum atomic E-state index is 0.611. The first-order valence-corrected chi connectivity index (χ1v) is 9.41. The first kappa shape index (κ1) is 18.5. The summed E-state index contributed by atoms with van der Waals surface area (Å²) >= 11 is 5.62. The summed E-state index contributed by atoms with van der Waals surface area (Å²) in [6.45, 7) is 8.29. The number of nitrogens with zero attached hydrogens (tertiary/aromatic N) is 5. The average molecular weight is 372 g/mol. The van der Waals surface area contributed by atoms with Crippen LogP contribution >= 0.6 is 12.2 Å². The first-order chi connectivity index (χ1) is 12.7. The van der Waals surface area contributed by atoms with Crippen LogP contribution in [0.3, 0.4) is 0 Å². The molecule has 0 bridgehead atoms. The molecule has 3 rings (SSSR count). The maximum absolute atomic E-state index is 5.62. The van der Waals surface area contributed by atoms with Crippen LogP contribution in [0.5, 0.6) is 5.75 Å². The molecule has 1 aromatic heterocycles. The van der Waals surface area contributed by atoms with Crippen LogP contribution in [0, 0.1) is 4.77 Å². The summed E-state index contributed by atoms with van der Waals surface area (Å²) in [6, 6.07) is 12.0. The fourth-order valence-electron chi connectivity index (χ4n) is 3.17. The third-order valence-corrected chi connectivity index (χ3v) is 5.07. The molecule has 0 aliphatic rings. The molecule has 0 saturated heterocycles. The highest BCUT2D eigenvalue weighted by Gasteiger charge is 2.12. The minimum absolute atomic E-state index is 0.611. The molecule has 0 aliphatic heterocycles. The van der Waals surface area contributed by atoms with Crippen molar-refractivity contribution < 1.29 is 4.74 Å². The van der Waals surface area contributed by atoms with Gasteiger partial charge in [-0.1, -0.05) is 38.1 Å². The lowest BCUT2D eigenvalue weighted by molar-refractivity contribution is 0.290. The van der Waals surface area contributed by atoms with Crippen molar-refractivity contribution in [3.63, 3.8) is 0 Å². The van der Waals surface area contributed by atoms with Crippen LogP contribution in [0.4, 0.5) is 0 Å². The molecule has 0 spiro atoms. The van der Waals surface area contributed by atoms with E-state index in [1.54, 1.807) is 16.5 Å². The minimum Gasteiger partial charge on any atom is -0.496 e. The average Bonchev–Trinajstić information content (AvgIpc) is 3.04. The molecule has 1 heterocycles. The van der Waals surface area contributed by atoms with Crippen LogP contribution in [-0.4, -0.2) is 51.4 Å². The molecule has 6 nitrogen and oxygen atoms in total. The van der Waals surface area contributed by atoms with Crippen LogP contribution < -0.4 is 4.74 Å². The van der Waals surface area contributed by atoms with Crippen LogP contribution in [0.1, 0.15) is 20.3 Å². The number of fused-ring (bicyclic) bond motifs is 1. The van der Waals surface area contributed by atoms with Gasteiger partial charge in [-0.2, -0.15) is 4.68 Å². The Kier molecular flexibility index (Phi) is 6.00. The first-order valence-electron chi connectivity index (χ1n) is 9.00. The second-order valence-corrected chi connectivity index (χ2v) is 6.47. The topological polar surface area (TPSA) is 48.1 Å². The number of aryl methyl sites for hydroxylation is 1. The second kappa shape index (κ2) is 8.42. The van der Waals surface area contributed by atoms with Gasteiger partial charge >= 0.3 is 0 Å². The lowest BCUT2D eigenvalue weighted by atomic mass is 10.1. The zero-order valence-corrected chi connectivity index (χ0v) is 16.4. The summed E-state index contributed by atoms with van der Waals surface area (Å²) in [6.07, 6.45) is 0.998. The van der Waals surface area contributed by atoms with Crippen molar-refractivity contribution in [2.24, 2.45) is 0 Å². The molecule has 138 valence electrons. The maximum Gasteiger partial charge on any atom is 0.220 e. The van der Waals surface area contributed by atoms with Crippen molar-refractivity contribution in [3.05, 3.63) is 41.2 Å². The lowest BCUT2D eigenvalue weighted by Crippen LogP contribution is -2.25. The summed E-state index contributed by atoms with van der Waals surface area (Å²) in [7, 11) is 1.68. The van der Waals surface area contributed by atoms with E-state index < -0.39 is 0 Å². The van der Waals surface area contributed by atoms with E-state index in [9.17, 15) is 0 Å². The van der Waals surface area contributed by atoms with Gasteiger partial charge in [-0.15, -0.1) is 0 Å². The van der Waals surface area contributed by atoms with Crippen LogP contribution in [-0.2, 0) is 6.54 Å². The van der Waals surface area contributed by atoms with Crippen LogP contribution in [0.15, 0.2) is 36.4 Å². The summed E-state index contributed by atoms with van der Waals surface area (Å²) in [5.41, 5.74) is 0.918. The molecule has 3 aromatic rings. The van der Waals surface area contributed by atoms with Crippen molar-refractivity contribution in [1.82, 2.24) is 24.7 Å². The molecule has 0 radical (unpaired) electrons. The Morgan fingerprint density at radius 1 is 1.04 bits per heavy atom. The number of rotatable bonds is 8. The molecular weight excluding hydrogens is 346 g/mol.